The molecule has 122 valence electrons. The molecule has 1 amide bonds. The molecule has 0 aliphatic carbocycles. The number of carbonyl (C=O) groups is 1. The summed E-state index contributed by atoms with van der Waals surface area (Å²) in [7, 11) is 0. The van der Waals surface area contributed by atoms with Gasteiger partial charge in [-0.1, -0.05) is 48.0 Å². The summed E-state index contributed by atoms with van der Waals surface area (Å²) in [5.41, 5.74) is 3.61. The summed E-state index contributed by atoms with van der Waals surface area (Å²) in [6, 6.07) is 17.7. The van der Waals surface area contributed by atoms with Crippen LogP contribution in [0.4, 0.5) is 0 Å². The number of aromatic amines is 1. The molecule has 2 N–H and O–H groups in total. The monoisotopic (exact) mass is 337 g/mol. The molecule has 0 saturated heterocycles. The van der Waals surface area contributed by atoms with Gasteiger partial charge in [0.1, 0.15) is 5.69 Å². The third-order valence-electron chi connectivity index (χ3n) is 3.95. The summed E-state index contributed by atoms with van der Waals surface area (Å²) in [5, 5.41) is 3.03. The number of para-hydroxylation sites is 1. The lowest BCUT2D eigenvalue weighted by Crippen LogP contribution is -2.28. The van der Waals surface area contributed by atoms with Crippen molar-refractivity contribution in [2.24, 2.45) is 0 Å². The Kier molecular flexibility index (Phi) is 4.62. The summed E-state index contributed by atoms with van der Waals surface area (Å²) < 4.78 is 2.24. The minimum absolute atomic E-state index is 0.0919. The number of hydrogen-bond acceptors (Lipinski definition) is 2. The van der Waals surface area contributed by atoms with Crippen molar-refractivity contribution in [3.8, 4) is 5.69 Å². The zero-order valence-corrected chi connectivity index (χ0v) is 14.4. The summed E-state index contributed by atoms with van der Waals surface area (Å²) in [6.07, 6.45) is 1.65. The molecule has 0 radical (unpaired) electrons. The van der Waals surface area contributed by atoms with Gasteiger partial charge in [0.25, 0.3) is 5.91 Å². The van der Waals surface area contributed by atoms with Crippen LogP contribution in [0, 0.1) is 11.7 Å². The Morgan fingerprint density at radius 3 is 2.46 bits per heavy atom. The fourth-order valence-electron chi connectivity index (χ4n) is 2.58. The topological polar surface area (TPSA) is 49.8 Å². The Labute approximate surface area is 146 Å². The smallest absolute Gasteiger partial charge is 0.270 e. The fourth-order valence-corrected chi connectivity index (χ4v) is 2.84. The second-order valence-electron chi connectivity index (χ2n) is 5.76. The molecule has 3 rings (SSSR count). The van der Waals surface area contributed by atoms with Gasteiger partial charge in [-0.3, -0.25) is 9.36 Å². The lowest BCUT2D eigenvalue weighted by atomic mass is 10.1. The lowest BCUT2D eigenvalue weighted by molar-refractivity contribution is 0.0933. The van der Waals surface area contributed by atoms with Crippen molar-refractivity contribution in [3.63, 3.8) is 0 Å². The number of nitrogens with one attached hydrogen (secondary N) is 2. The maximum Gasteiger partial charge on any atom is 0.270 e. The number of carbonyl (C=O) groups excluding carboxylic acids is 1. The van der Waals surface area contributed by atoms with Crippen molar-refractivity contribution in [3.05, 3.63) is 82.4 Å². The van der Waals surface area contributed by atoms with Crippen molar-refractivity contribution in [1.82, 2.24) is 14.9 Å². The predicted molar refractivity (Wildman–Crippen MR) is 98.0 cm³/mol. The molecule has 0 spiro atoms. The highest BCUT2D eigenvalue weighted by atomic mass is 32.1. The van der Waals surface area contributed by atoms with E-state index in [1.54, 1.807) is 10.8 Å². The van der Waals surface area contributed by atoms with Gasteiger partial charge in [-0.2, -0.15) is 0 Å². The summed E-state index contributed by atoms with van der Waals surface area (Å²) >= 11 is 5.32. The largest absolute Gasteiger partial charge is 0.344 e. The number of H-pyrrole nitrogens is 1. The van der Waals surface area contributed by atoms with Gasteiger partial charge in [0, 0.05) is 11.9 Å². The highest BCUT2D eigenvalue weighted by Crippen LogP contribution is 2.16. The van der Waals surface area contributed by atoms with Crippen molar-refractivity contribution in [2.45, 2.75) is 19.9 Å². The van der Waals surface area contributed by atoms with E-state index >= 15 is 0 Å². The van der Waals surface area contributed by atoms with Gasteiger partial charge in [0.15, 0.2) is 4.77 Å². The minimum Gasteiger partial charge on any atom is -0.344 e. The number of nitrogens with zero attached hydrogens (tertiary/aromatic N) is 1. The molecular formula is C19H19N3OS. The van der Waals surface area contributed by atoms with E-state index in [1.165, 1.54) is 5.56 Å². The Bertz CT molecular complexity index is 894. The van der Waals surface area contributed by atoms with Crippen molar-refractivity contribution in [2.75, 3.05) is 0 Å². The van der Waals surface area contributed by atoms with E-state index in [1.807, 2.05) is 68.4 Å². The van der Waals surface area contributed by atoms with Gasteiger partial charge in [0.2, 0.25) is 0 Å². The minimum atomic E-state index is -0.167. The average molecular weight is 337 g/mol. The molecule has 0 aliphatic rings. The van der Waals surface area contributed by atoms with Gasteiger partial charge in [-0.05, 0) is 43.8 Å². The Morgan fingerprint density at radius 1 is 1.12 bits per heavy atom. The van der Waals surface area contributed by atoms with E-state index in [4.69, 9.17) is 12.2 Å². The van der Waals surface area contributed by atoms with Crippen LogP contribution in [-0.4, -0.2) is 15.5 Å². The number of imidazole rings is 1. The number of aryl methyl sites for hydroxylation is 1. The Morgan fingerprint density at radius 2 is 1.79 bits per heavy atom. The van der Waals surface area contributed by atoms with E-state index in [-0.39, 0.29) is 11.9 Å². The van der Waals surface area contributed by atoms with Crippen LogP contribution in [0.1, 0.15) is 34.6 Å². The second kappa shape index (κ2) is 6.84. The van der Waals surface area contributed by atoms with Gasteiger partial charge in [0.05, 0.1) is 6.04 Å². The van der Waals surface area contributed by atoms with Gasteiger partial charge < -0.3 is 10.3 Å². The Balaban J connectivity index is 1.86. The molecule has 1 heterocycles. The van der Waals surface area contributed by atoms with Gasteiger partial charge in [-0.15, -0.1) is 0 Å². The number of hydrogen-bond donors (Lipinski definition) is 2. The van der Waals surface area contributed by atoms with Crippen LogP contribution in [0.15, 0.2) is 60.8 Å². The SMILES string of the molecule is Cc1ccc(C(C)NC(=O)c2c[nH]c(=S)n2-c2ccccc2)cc1. The Hall–Kier alpha value is -2.66. The zero-order chi connectivity index (χ0) is 17.1. The third-order valence-corrected chi connectivity index (χ3v) is 4.25. The standard InChI is InChI=1S/C19H19N3OS/c1-13-8-10-15(11-9-13)14(2)21-18(23)17-12-20-19(24)22(17)16-6-4-3-5-7-16/h3-12,14H,1-2H3,(H,20,24)(H,21,23). The molecule has 0 aliphatic heterocycles. The van der Waals surface area contributed by atoms with Crippen LogP contribution in [-0.2, 0) is 0 Å². The number of benzene rings is 2. The second-order valence-corrected chi connectivity index (χ2v) is 6.14. The maximum atomic E-state index is 12.7. The molecular weight excluding hydrogens is 318 g/mol. The highest BCUT2D eigenvalue weighted by molar-refractivity contribution is 7.71. The third kappa shape index (κ3) is 3.31. The van der Waals surface area contributed by atoms with Crippen molar-refractivity contribution < 1.29 is 4.79 Å². The van der Waals surface area contributed by atoms with Crippen LogP contribution in [0.3, 0.4) is 0 Å². The number of amides is 1. The first-order chi connectivity index (χ1) is 11.6. The van der Waals surface area contributed by atoms with Crippen LogP contribution in [0.2, 0.25) is 0 Å². The van der Waals surface area contributed by atoms with Gasteiger partial charge >= 0.3 is 0 Å². The van der Waals surface area contributed by atoms with Crippen molar-refractivity contribution >= 4 is 18.1 Å². The first kappa shape index (κ1) is 16.2. The number of aromatic nitrogens is 2. The van der Waals surface area contributed by atoms with Crippen LogP contribution in [0.5, 0.6) is 0 Å². The summed E-state index contributed by atoms with van der Waals surface area (Å²) in [5.74, 6) is -0.167. The van der Waals surface area contributed by atoms with E-state index in [0.29, 0.717) is 10.5 Å². The maximum absolute atomic E-state index is 12.7. The molecule has 0 saturated carbocycles. The van der Waals surface area contributed by atoms with E-state index in [0.717, 1.165) is 11.3 Å². The highest BCUT2D eigenvalue weighted by Gasteiger charge is 2.17. The molecule has 1 unspecified atom stereocenters. The first-order valence-corrected chi connectivity index (χ1v) is 8.20. The molecule has 1 atom stereocenters. The molecule has 2 aromatic carbocycles. The summed E-state index contributed by atoms with van der Waals surface area (Å²) in [6.45, 7) is 4.01. The molecule has 5 heteroatoms. The normalized spacial score (nSPS) is 11.9. The zero-order valence-electron chi connectivity index (χ0n) is 13.6. The van der Waals surface area contributed by atoms with Crippen LogP contribution in [0.25, 0.3) is 5.69 Å². The fraction of sp³-hybridized carbons (Fsp3) is 0.158. The van der Waals surface area contributed by atoms with E-state index in [9.17, 15) is 4.79 Å². The quantitative estimate of drug-likeness (QED) is 0.696. The van der Waals surface area contributed by atoms with Crippen LogP contribution < -0.4 is 5.32 Å². The molecule has 0 fully saturated rings. The molecule has 4 nitrogen and oxygen atoms in total. The van der Waals surface area contributed by atoms with Crippen LogP contribution >= 0.6 is 12.2 Å². The first-order valence-electron chi connectivity index (χ1n) is 7.79. The molecule has 24 heavy (non-hydrogen) atoms. The predicted octanol–water partition coefficient (Wildman–Crippen LogP) is 4.33. The van der Waals surface area contributed by atoms with Gasteiger partial charge in [-0.25, -0.2) is 0 Å². The molecule has 3 aromatic rings. The van der Waals surface area contributed by atoms with Crippen molar-refractivity contribution in [1.29, 1.82) is 0 Å². The van der Waals surface area contributed by atoms with E-state index < -0.39 is 0 Å². The molecule has 0 bridgehead atoms. The lowest BCUT2D eigenvalue weighted by Gasteiger charge is -2.15. The average Bonchev–Trinajstić information content (AvgIpc) is 2.98. The van der Waals surface area contributed by atoms with E-state index in [2.05, 4.69) is 10.3 Å². The molecule has 1 aromatic heterocycles. The number of rotatable bonds is 4. The summed E-state index contributed by atoms with van der Waals surface area (Å²) in [4.78, 5) is 15.7.